The Morgan fingerprint density at radius 2 is 1.90 bits per heavy atom. The second-order valence-electron chi connectivity index (χ2n) is 7.34. The van der Waals surface area contributed by atoms with Gasteiger partial charge in [0.15, 0.2) is 5.78 Å². The summed E-state index contributed by atoms with van der Waals surface area (Å²) in [5.74, 6) is 1.07. The van der Waals surface area contributed by atoms with Gasteiger partial charge in [-0.15, -0.1) is 0 Å². The van der Waals surface area contributed by atoms with E-state index < -0.39 is 0 Å². The summed E-state index contributed by atoms with van der Waals surface area (Å²) in [6.45, 7) is 3.63. The van der Waals surface area contributed by atoms with Gasteiger partial charge in [-0.1, -0.05) is 0 Å². The molecule has 4 rings (SSSR count). The molecule has 2 aromatic rings. The van der Waals surface area contributed by atoms with Gasteiger partial charge in [-0.25, -0.2) is 9.97 Å². The van der Waals surface area contributed by atoms with Gasteiger partial charge in [0.25, 0.3) is 0 Å². The third-order valence-electron chi connectivity index (χ3n) is 5.41. The zero-order chi connectivity index (χ0) is 20.2. The third-order valence-corrected chi connectivity index (χ3v) is 5.41. The summed E-state index contributed by atoms with van der Waals surface area (Å²) in [6.07, 6.45) is 3.63. The molecule has 152 valence electrons. The van der Waals surface area contributed by atoms with Gasteiger partial charge >= 0.3 is 0 Å². The summed E-state index contributed by atoms with van der Waals surface area (Å²) in [6, 6.07) is 8.03. The second-order valence-corrected chi connectivity index (χ2v) is 7.34. The number of amides is 1. The lowest BCUT2D eigenvalue weighted by molar-refractivity contribution is -0.117. The maximum atomic E-state index is 12.4. The number of carbonyl (C=O) groups is 2. The normalized spacial score (nSPS) is 17.0. The fraction of sp³-hybridized carbons (Fsp3) is 0.429. The molecule has 1 aromatic heterocycles. The lowest BCUT2D eigenvalue weighted by Crippen LogP contribution is -2.48. The minimum Gasteiger partial charge on any atom is -0.497 e. The summed E-state index contributed by atoms with van der Waals surface area (Å²) >= 11 is 0. The van der Waals surface area contributed by atoms with Gasteiger partial charge in [-0.2, -0.15) is 0 Å². The Morgan fingerprint density at radius 3 is 2.62 bits per heavy atom. The molecular formula is C21H25N5O3. The van der Waals surface area contributed by atoms with E-state index in [0.717, 1.165) is 56.2 Å². The monoisotopic (exact) mass is 395 g/mol. The van der Waals surface area contributed by atoms with Crippen molar-refractivity contribution >= 4 is 23.3 Å². The topological polar surface area (TPSA) is 87.7 Å². The SMILES string of the molecule is COc1ccc(N2CCN(CC(=O)Nc3ncc4c(n3)CCCC4=O)CC2)cc1. The highest BCUT2D eigenvalue weighted by Gasteiger charge is 2.22. The van der Waals surface area contributed by atoms with Gasteiger partial charge in [0.05, 0.1) is 24.9 Å². The molecule has 1 fully saturated rings. The molecule has 1 aliphatic carbocycles. The van der Waals surface area contributed by atoms with Gasteiger partial charge in [0.2, 0.25) is 11.9 Å². The Bertz CT molecular complexity index is 892. The Hall–Kier alpha value is -3.00. The number of hydrogen-bond acceptors (Lipinski definition) is 7. The van der Waals surface area contributed by atoms with Crippen LogP contribution in [0.3, 0.4) is 0 Å². The molecule has 1 N–H and O–H groups in total. The second kappa shape index (κ2) is 8.57. The molecule has 0 atom stereocenters. The van der Waals surface area contributed by atoms with Crippen LogP contribution in [-0.4, -0.2) is 66.4 Å². The molecule has 1 saturated heterocycles. The highest BCUT2D eigenvalue weighted by molar-refractivity contribution is 5.98. The maximum Gasteiger partial charge on any atom is 0.240 e. The first-order valence-corrected chi connectivity index (χ1v) is 9.93. The summed E-state index contributed by atoms with van der Waals surface area (Å²) in [5, 5.41) is 2.77. The molecular weight excluding hydrogens is 370 g/mol. The molecule has 29 heavy (non-hydrogen) atoms. The average molecular weight is 395 g/mol. The molecule has 0 saturated carbocycles. The molecule has 1 amide bonds. The molecule has 2 aliphatic rings. The van der Waals surface area contributed by atoms with Crippen molar-refractivity contribution in [3.63, 3.8) is 0 Å². The van der Waals surface area contributed by atoms with Crippen LogP contribution in [0, 0.1) is 0 Å². The van der Waals surface area contributed by atoms with Crippen LogP contribution in [0.2, 0.25) is 0 Å². The Morgan fingerprint density at radius 1 is 1.14 bits per heavy atom. The van der Waals surface area contributed by atoms with Crippen LogP contribution in [0.1, 0.15) is 28.9 Å². The van der Waals surface area contributed by atoms with Crippen molar-refractivity contribution in [2.45, 2.75) is 19.3 Å². The molecule has 0 radical (unpaired) electrons. The molecule has 0 spiro atoms. The number of nitrogens with zero attached hydrogens (tertiary/aromatic N) is 4. The molecule has 0 bridgehead atoms. The Balaban J connectivity index is 1.28. The number of Topliss-reactive ketones (excluding diaryl/α,β-unsaturated/α-hetero) is 1. The number of carbonyl (C=O) groups excluding carboxylic acids is 2. The highest BCUT2D eigenvalue weighted by atomic mass is 16.5. The maximum absolute atomic E-state index is 12.4. The van der Waals surface area contributed by atoms with E-state index in [1.807, 2.05) is 12.1 Å². The van der Waals surface area contributed by atoms with Crippen molar-refractivity contribution in [3.05, 3.63) is 41.7 Å². The van der Waals surface area contributed by atoms with Crippen LogP contribution in [0.4, 0.5) is 11.6 Å². The van der Waals surface area contributed by atoms with Gasteiger partial charge in [0.1, 0.15) is 5.75 Å². The van der Waals surface area contributed by atoms with Gasteiger partial charge in [-0.3, -0.25) is 19.8 Å². The fourth-order valence-corrected chi connectivity index (χ4v) is 3.78. The summed E-state index contributed by atoms with van der Waals surface area (Å²) in [7, 11) is 1.66. The van der Waals surface area contributed by atoms with E-state index >= 15 is 0 Å². The van der Waals surface area contributed by atoms with Crippen molar-refractivity contribution in [1.82, 2.24) is 14.9 Å². The minimum absolute atomic E-state index is 0.0823. The van der Waals surface area contributed by atoms with Crippen LogP contribution in [-0.2, 0) is 11.2 Å². The van der Waals surface area contributed by atoms with E-state index in [4.69, 9.17) is 4.74 Å². The number of methoxy groups -OCH3 is 1. The molecule has 1 aliphatic heterocycles. The van der Waals surface area contributed by atoms with Crippen LogP contribution in [0.15, 0.2) is 30.5 Å². The van der Waals surface area contributed by atoms with Crippen LogP contribution in [0.25, 0.3) is 0 Å². The van der Waals surface area contributed by atoms with E-state index in [1.165, 1.54) is 6.20 Å². The largest absolute Gasteiger partial charge is 0.497 e. The average Bonchev–Trinajstić information content (AvgIpc) is 2.74. The number of fused-ring (bicyclic) bond motifs is 1. The quantitative estimate of drug-likeness (QED) is 0.825. The Kier molecular flexibility index (Phi) is 5.71. The first-order chi connectivity index (χ1) is 14.1. The number of rotatable bonds is 5. The molecule has 8 heteroatoms. The number of aryl methyl sites for hydroxylation is 1. The van der Waals surface area contributed by atoms with Crippen molar-refractivity contribution in [1.29, 1.82) is 0 Å². The number of aromatic nitrogens is 2. The summed E-state index contributed by atoms with van der Waals surface area (Å²) < 4.78 is 5.20. The zero-order valence-electron chi connectivity index (χ0n) is 16.6. The van der Waals surface area contributed by atoms with Gasteiger partial charge < -0.3 is 9.64 Å². The first kappa shape index (κ1) is 19.3. The molecule has 1 aromatic carbocycles. The van der Waals surface area contributed by atoms with E-state index in [2.05, 4.69) is 37.2 Å². The third kappa shape index (κ3) is 4.54. The molecule has 2 heterocycles. The lowest BCUT2D eigenvalue weighted by Gasteiger charge is -2.35. The number of hydrogen-bond donors (Lipinski definition) is 1. The van der Waals surface area contributed by atoms with Crippen molar-refractivity contribution < 1.29 is 14.3 Å². The minimum atomic E-state index is -0.134. The number of benzene rings is 1. The van der Waals surface area contributed by atoms with Gasteiger partial charge in [-0.05, 0) is 37.1 Å². The smallest absolute Gasteiger partial charge is 0.240 e. The highest BCUT2D eigenvalue weighted by Crippen LogP contribution is 2.21. The van der Waals surface area contributed by atoms with Crippen LogP contribution in [0.5, 0.6) is 5.75 Å². The molecule has 8 nitrogen and oxygen atoms in total. The summed E-state index contributed by atoms with van der Waals surface area (Å²) in [5.41, 5.74) is 2.48. The van der Waals surface area contributed by atoms with Crippen molar-refractivity contribution in [2.24, 2.45) is 0 Å². The van der Waals surface area contributed by atoms with E-state index in [-0.39, 0.29) is 17.6 Å². The first-order valence-electron chi connectivity index (χ1n) is 9.93. The predicted molar refractivity (Wildman–Crippen MR) is 110 cm³/mol. The molecule has 0 unspecified atom stereocenters. The number of nitrogens with one attached hydrogen (secondary N) is 1. The number of ether oxygens (including phenoxy) is 1. The van der Waals surface area contributed by atoms with Crippen molar-refractivity contribution in [2.75, 3.05) is 50.1 Å². The van der Waals surface area contributed by atoms with E-state index in [1.54, 1.807) is 7.11 Å². The lowest BCUT2D eigenvalue weighted by atomic mass is 9.96. The summed E-state index contributed by atoms with van der Waals surface area (Å²) in [4.78, 5) is 37.2. The van der Waals surface area contributed by atoms with E-state index in [0.29, 0.717) is 18.5 Å². The fourth-order valence-electron chi connectivity index (χ4n) is 3.78. The van der Waals surface area contributed by atoms with Crippen molar-refractivity contribution in [3.8, 4) is 5.75 Å². The van der Waals surface area contributed by atoms with Crippen LogP contribution < -0.4 is 15.0 Å². The zero-order valence-corrected chi connectivity index (χ0v) is 16.6. The standard InChI is InChI=1S/C21H25N5O3/c1-29-16-7-5-15(6-8-16)26-11-9-25(10-12-26)14-20(28)24-21-22-13-17-18(23-21)3-2-4-19(17)27/h5-8,13H,2-4,9-12,14H2,1H3,(H,22,23,24,28). The number of ketones is 1. The predicted octanol–water partition coefficient (Wildman–Crippen LogP) is 1.76. The Labute approximate surface area is 169 Å². The van der Waals surface area contributed by atoms with Gasteiger partial charge in [0, 0.05) is 44.5 Å². The number of anilines is 2. The number of piperazine rings is 1. The van der Waals surface area contributed by atoms with Crippen LogP contribution >= 0.6 is 0 Å². The van der Waals surface area contributed by atoms with E-state index in [9.17, 15) is 9.59 Å².